The Morgan fingerprint density at radius 3 is 2.38 bits per heavy atom. The zero-order chi connectivity index (χ0) is 21.0. The molecule has 0 saturated carbocycles. The van der Waals surface area contributed by atoms with Gasteiger partial charge in [0.05, 0.1) is 12.6 Å². The number of aromatic nitrogens is 1. The molecular weight excluding hydrogens is 386 g/mol. The molecule has 1 aliphatic rings. The maximum atomic E-state index is 13.0. The second kappa shape index (κ2) is 9.90. The van der Waals surface area contributed by atoms with Crippen molar-refractivity contribution in [2.24, 2.45) is 0 Å². The van der Waals surface area contributed by atoms with Gasteiger partial charge < -0.3 is 19.1 Å². The van der Waals surface area contributed by atoms with Crippen molar-refractivity contribution >= 4 is 17.4 Å². The number of ketones is 1. The van der Waals surface area contributed by atoms with Crippen LogP contribution in [0.25, 0.3) is 0 Å². The normalized spacial score (nSPS) is 20.6. The van der Waals surface area contributed by atoms with E-state index >= 15 is 0 Å². The predicted octanol–water partition coefficient (Wildman–Crippen LogP) is 1.13. The van der Waals surface area contributed by atoms with E-state index in [2.05, 4.69) is 37.5 Å². The maximum Gasteiger partial charge on any atom is 0.218 e. The van der Waals surface area contributed by atoms with Crippen molar-refractivity contribution in [2.75, 3.05) is 46.4 Å². The SMILES string of the molecule is COC[C@H](C)n1c(C)cc(C(=O)C[NH+]2CC[NH+](Cc3ccc(Cl)cc3)CC2)c1C. The molecule has 0 unspecified atom stereocenters. The fraction of sp³-hybridized carbons (Fsp3) is 0.522. The molecule has 6 heteroatoms. The first-order valence-corrected chi connectivity index (χ1v) is 10.9. The Morgan fingerprint density at radius 2 is 1.76 bits per heavy atom. The second-order valence-corrected chi connectivity index (χ2v) is 8.80. The number of nitrogens with zero attached hydrogens (tertiary/aromatic N) is 1. The van der Waals surface area contributed by atoms with E-state index in [1.165, 1.54) is 10.5 Å². The Morgan fingerprint density at radius 1 is 1.14 bits per heavy atom. The van der Waals surface area contributed by atoms with Gasteiger partial charge in [-0.25, -0.2) is 0 Å². The lowest BCUT2D eigenvalue weighted by Gasteiger charge is -2.29. The number of rotatable bonds is 8. The lowest BCUT2D eigenvalue weighted by atomic mass is 10.1. The zero-order valence-electron chi connectivity index (χ0n) is 18.1. The molecule has 1 saturated heterocycles. The van der Waals surface area contributed by atoms with E-state index in [0.29, 0.717) is 13.2 Å². The summed E-state index contributed by atoms with van der Waals surface area (Å²) in [6.45, 7) is 12.8. The molecule has 5 nitrogen and oxygen atoms in total. The van der Waals surface area contributed by atoms with Crippen LogP contribution < -0.4 is 9.80 Å². The number of quaternary nitrogens is 2. The number of nitrogens with one attached hydrogen (secondary N) is 2. The highest BCUT2D eigenvalue weighted by atomic mass is 35.5. The third kappa shape index (κ3) is 5.48. The molecule has 0 radical (unpaired) electrons. The van der Waals surface area contributed by atoms with Crippen molar-refractivity contribution in [3.8, 4) is 0 Å². The van der Waals surface area contributed by atoms with Crippen LogP contribution in [0.1, 0.15) is 40.3 Å². The number of ether oxygens (including phenoxy) is 1. The first-order valence-electron chi connectivity index (χ1n) is 10.5. The van der Waals surface area contributed by atoms with Crippen LogP contribution in [0.5, 0.6) is 0 Å². The summed E-state index contributed by atoms with van der Waals surface area (Å²) in [6.07, 6.45) is 0. The Labute approximate surface area is 179 Å². The molecule has 1 aromatic heterocycles. The van der Waals surface area contributed by atoms with Gasteiger partial charge in [-0.1, -0.05) is 23.7 Å². The molecule has 0 aliphatic carbocycles. The molecular formula is C23H34ClN3O2+2. The summed E-state index contributed by atoms with van der Waals surface area (Å²) in [7, 11) is 1.72. The molecule has 3 rings (SSSR count). The number of carbonyl (C=O) groups is 1. The van der Waals surface area contributed by atoms with Gasteiger partial charge in [-0.3, -0.25) is 4.79 Å². The molecule has 0 amide bonds. The zero-order valence-corrected chi connectivity index (χ0v) is 18.8. The molecule has 2 heterocycles. The molecule has 2 N–H and O–H groups in total. The molecule has 1 atom stereocenters. The number of hydrogen-bond donors (Lipinski definition) is 2. The van der Waals surface area contributed by atoms with Crippen molar-refractivity contribution in [3.63, 3.8) is 0 Å². The number of piperazine rings is 1. The number of methoxy groups -OCH3 is 1. The highest BCUT2D eigenvalue weighted by Gasteiger charge is 2.27. The monoisotopic (exact) mass is 419 g/mol. The summed E-state index contributed by atoms with van der Waals surface area (Å²) < 4.78 is 7.52. The summed E-state index contributed by atoms with van der Waals surface area (Å²) in [4.78, 5) is 16.0. The first kappa shape index (κ1) is 22.0. The molecule has 158 valence electrons. The van der Waals surface area contributed by atoms with Crippen LogP contribution in [0.4, 0.5) is 0 Å². The Bertz CT molecular complexity index is 823. The van der Waals surface area contributed by atoms with Crippen LogP contribution in [0.2, 0.25) is 5.02 Å². The van der Waals surface area contributed by atoms with E-state index in [1.807, 2.05) is 18.2 Å². The number of hydrogen-bond acceptors (Lipinski definition) is 2. The van der Waals surface area contributed by atoms with Gasteiger partial charge in [0, 0.05) is 34.6 Å². The predicted molar refractivity (Wildman–Crippen MR) is 116 cm³/mol. The highest BCUT2D eigenvalue weighted by molar-refractivity contribution is 6.30. The van der Waals surface area contributed by atoms with Crippen LogP contribution in [0, 0.1) is 13.8 Å². The number of carbonyl (C=O) groups excluding carboxylic acids is 1. The summed E-state index contributed by atoms with van der Waals surface area (Å²) in [5.74, 6) is 0.255. The third-order valence-corrected chi connectivity index (χ3v) is 6.33. The molecule has 1 aliphatic heterocycles. The molecule has 2 aromatic rings. The van der Waals surface area contributed by atoms with Gasteiger partial charge in [0.25, 0.3) is 0 Å². The molecule has 1 aromatic carbocycles. The summed E-state index contributed by atoms with van der Waals surface area (Å²) in [5, 5.41) is 0.785. The molecule has 29 heavy (non-hydrogen) atoms. The van der Waals surface area contributed by atoms with Gasteiger partial charge in [0.1, 0.15) is 39.3 Å². The quantitative estimate of drug-likeness (QED) is 0.630. The fourth-order valence-corrected chi connectivity index (χ4v) is 4.70. The largest absolute Gasteiger partial charge is 0.383 e. The van der Waals surface area contributed by atoms with Crippen LogP contribution in [0.3, 0.4) is 0 Å². The lowest BCUT2D eigenvalue weighted by Crippen LogP contribution is -3.27. The van der Waals surface area contributed by atoms with Crippen molar-refractivity contribution in [3.05, 3.63) is 57.9 Å². The number of benzene rings is 1. The summed E-state index contributed by atoms with van der Waals surface area (Å²) in [6, 6.07) is 10.4. The maximum absolute atomic E-state index is 13.0. The van der Waals surface area contributed by atoms with Gasteiger partial charge in [0.15, 0.2) is 0 Å². The average Bonchev–Trinajstić information content (AvgIpc) is 2.99. The lowest BCUT2D eigenvalue weighted by molar-refractivity contribution is -1.01. The molecule has 1 fully saturated rings. The number of aryl methyl sites for hydroxylation is 1. The van der Waals surface area contributed by atoms with Crippen LogP contribution >= 0.6 is 11.6 Å². The summed E-state index contributed by atoms with van der Waals surface area (Å²) in [5.41, 5.74) is 4.38. The number of Topliss-reactive ketones (excluding diaryl/α,β-unsaturated/α-hetero) is 1. The van der Waals surface area contributed by atoms with E-state index in [-0.39, 0.29) is 11.8 Å². The standard InChI is InChI=1S/C23H32ClN3O2/c1-17-13-22(19(3)27(17)18(2)16-29-4)23(28)15-26-11-9-25(10-12-26)14-20-5-7-21(24)8-6-20/h5-8,13,18H,9-12,14-16H2,1-4H3/p+2/t18-/m0/s1. The molecule has 0 spiro atoms. The Balaban J connectivity index is 1.54. The minimum absolute atomic E-state index is 0.230. The first-order chi connectivity index (χ1) is 13.9. The van der Waals surface area contributed by atoms with Crippen LogP contribution in [0.15, 0.2) is 30.3 Å². The second-order valence-electron chi connectivity index (χ2n) is 8.36. The topological polar surface area (TPSA) is 40.1 Å². The minimum Gasteiger partial charge on any atom is -0.383 e. The van der Waals surface area contributed by atoms with Gasteiger partial charge in [-0.05, 0) is 39.0 Å². The fourth-order valence-electron chi connectivity index (χ4n) is 4.58. The van der Waals surface area contributed by atoms with E-state index in [4.69, 9.17) is 16.3 Å². The smallest absolute Gasteiger partial charge is 0.218 e. The van der Waals surface area contributed by atoms with E-state index < -0.39 is 0 Å². The Kier molecular flexibility index (Phi) is 7.52. The van der Waals surface area contributed by atoms with Crippen LogP contribution in [-0.4, -0.2) is 56.8 Å². The van der Waals surface area contributed by atoms with Gasteiger partial charge in [-0.15, -0.1) is 0 Å². The van der Waals surface area contributed by atoms with Gasteiger partial charge in [0.2, 0.25) is 5.78 Å². The molecule has 0 bridgehead atoms. The van der Waals surface area contributed by atoms with E-state index in [0.717, 1.165) is 54.7 Å². The van der Waals surface area contributed by atoms with Crippen molar-refractivity contribution < 1.29 is 19.3 Å². The van der Waals surface area contributed by atoms with E-state index in [9.17, 15) is 4.79 Å². The summed E-state index contributed by atoms with van der Waals surface area (Å²) >= 11 is 5.98. The van der Waals surface area contributed by atoms with Gasteiger partial charge in [-0.2, -0.15) is 0 Å². The Hall–Kier alpha value is -1.66. The average molecular weight is 420 g/mol. The van der Waals surface area contributed by atoms with Crippen molar-refractivity contribution in [1.82, 2.24) is 4.57 Å². The van der Waals surface area contributed by atoms with Crippen molar-refractivity contribution in [2.45, 2.75) is 33.4 Å². The minimum atomic E-state index is 0.230. The van der Waals surface area contributed by atoms with Crippen LogP contribution in [-0.2, 0) is 11.3 Å². The highest BCUT2D eigenvalue weighted by Crippen LogP contribution is 2.20. The van der Waals surface area contributed by atoms with Crippen molar-refractivity contribution in [1.29, 1.82) is 0 Å². The number of halogens is 1. The van der Waals surface area contributed by atoms with E-state index in [1.54, 1.807) is 12.0 Å². The third-order valence-electron chi connectivity index (χ3n) is 6.08. The van der Waals surface area contributed by atoms with Gasteiger partial charge >= 0.3 is 0 Å².